The van der Waals surface area contributed by atoms with E-state index >= 15 is 0 Å². The Balaban J connectivity index is 1.34. The lowest BCUT2D eigenvalue weighted by atomic mass is 9.91. The summed E-state index contributed by atoms with van der Waals surface area (Å²) in [7, 11) is 0. The SMILES string of the molecule is O=C(COC(=O)[C@@H]1CC(=O)N(NC(=O)C(c2ccccc2)c2ccccc2)C1)Nc1ccc(Cl)c(Cl)c1. The minimum atomic E-state index is -0.822. The monoisotopic (exact) mass is 539 g/mol. The van der Waals surface area contributed by atoms with E-state index in [0.717, 1.165) is 16.1 Å². The third kappa shape index (κ3) is 6.67. The van der Waals surface area contributed by atoms with Gasteiger partial charge in [0.05, 0.1) is 28.4 Å². The number of amides is 3. The van der Waals surface area contributed by atoms with Gasteiger partial charge >= 0.3 is 5.97 Å². The van der Waals surface area contributed by atoms with Gasteiger partial charge in [-0.25, -0.2) is 0 Å². The smallest absolute Gasteiger partial charge is 0.311 e. The van der Waals surface area contributed by atoms with Crippen molar-refractivity contribution >= 4 is 52.6 Å². The molecule has 8 nitrogen and oxygen atoms in total. The van der Waals surface area contributed by atoms with Crippen molar-refractivity contribution in [3.05, 3.63) is 100 Å². The van der Waals surface area contributed by atoms with Gasteiger partial charge in [-0.05, 0) is 29.3 Å². The summed E-state index contributed by atoms with van der Waals surface area (Å²) >= 11 is 11.8. The number of esters is 1. The molecule has 4 rings (SSSR count). The first-order valence-electron chi connectivity index (χ1n) is 11.4. The molecular weight excluding hydrogens is 517 g/mol. The van der Waals surface area contributed by atoms with Crippen molar-refractivity contribution in [1.29, 1.82) is 0 Å². The molecule has 2 N–H and O–H groups in total. The van der Waals surface area contributed by atoms with Gasteiger partial charge in [0.25, 0.3) is 11.8 Å². The molecule has 0 radical (unpaired) electrons. The summed E-state index contributed by atoms with van der Waals surface area (Å²) in [5, 5.41) is 4.29. The zero-order valence-corrected chi connectivity index (χ0v) is 21.0. The van der Waals surface area contributed by atoms with Crippen LogP contribution in [-0.2, 0) is 23.9 Å². The molecule has 3 aromatic rings. The number of benzene rings is 3. The lowest BCUT2D eigenvalue weighted by Gasteiger charge is -2.23. The summed E-state index contributed by atoms with van der Waals surface area (Å²) in [6.07, 6.45) is -0.144. The fourth-order valence-electron chi connectivity index (χ4n) is 3.98. The Morgan fingerprint density at radius 2 is 1.54 bits per heavy atom. The van der Waals surface area contributed by atoms with Crippen molar-refractivity contribution in [1.82, 2.24) is 10.4 Å². The number of nitrogens with one attached hydrogen (secondary N) is 2. The molecule has 190 valence electrons. The normalized spacial score (nSPS) is 14.9. The van der Waals surface area contributed by atoms with E-state index in [0.29, 0.717) is 10.7 Å². The first kappa shape index (κ1) is 26.2. The number of ether oxygens (including phenoxy) is 1. The van der Waals surface area contributed by atoms with Crippen LogP contribution in [0.2, 0.25) is 10.0 Å². The standard InChI is InChI=1S/C27H23Cl2N3O5/c28-21-12-11-20(14-22(21)29)30-23(33)16-37-27(36)19-13-24(34)32(15-19)31-26(35)25(17-7-3-1-4-8-17)18-9-5-2-6-10-18/h1-12,14,19,25H,13,15-16H2,(H,30,33)(H,31,35)/t19-/m1/s1. The number of carbonyl (C=O) groups is 4. The predicted octanol–water partition coefficient (Wildman–Crippen LogP) is 4.19. The van der Waals surface area contributed by atoms with Gasteiger partial charge in [0.1, 0.15) is 0 Å². The molecule has 0 unspecified atom stereocenters. The minimum absolute atomic E-state index is 0.0614. The number of hydrazine groups is 1. The molecular formula is C27H23Cl2N3O5. The van der Waals surface area contributed by atoms with E-state index in [9.17, 15) is 19.2 Å². The van der Waals surface area contributed by atoms with Crippen molar-refractivity contribution in [3.63, 3.8) is 0 Å². The van der Waals surface area contributed by atoms with Crippen LogP contribution in [-0.4, -0.2) is 41.9 Å². The Bertz CT molecular complexity index is 1260. The summed E-state index contributed by atoms with van der Waals surface area (Å²) in [5.41, 5.74) is 4.58. The van der Waals surface area contributed by atoms with Crippen LogP contribution in [0.15, 0.2) is 78.9 Å². The zero-order chi connectivity index (χ0) is 26.4. The Labute approximate surface area is 223 Å². The number of hydrogen-bond donors (Lipinski definition) is 2. The van der Waals surface area contributed by atoms with E-state index in [1.807, 2.05) is 60.7 Å². The molecule has 37 heavy (non-hydrogen) atoms. The van der Waals surface area contributed by atoms with Crippen LogP contribution in [0.3, 0.4) is 0 Å². The van der Waals surface area contributed by atoms with Crippen molar-refractivity contribution in [2.24, 2.45) is 5.92 Å². The molecule has 0 spiro atoms. The lowest BCUT2D eigenvalue weighted by molar-refractivity contribution is -0.151. The van der Waals surface area contributed by atoms with Crippen LogP contribution in [0.5, 0.6) is 0 Å². The molecule has 1 heterocycles. The van der Waals surface area contributed by atoms with Crippen molar-refractivity contribution in [2.75, 3.05) is 18.5 Å². The van der Waals surface area contributed by atoms with Gasteiger partial charge in [0.2, 0.25) is 5.91 Å². The number of hydrogen-bond acceptors (Lipinski definition) is 5. The van der Waals surface area contributed by atoms with Gasteiger partial charge in [-0.2, -0.15) is 0 Å². The fraction of sp³-hybridized carbons (Fsp3) is 0.185. The second-order valence-corrected chi connectivity index (χ2v) is 9.24. The van der Waals surface area contributed by atoms with E-state index in [2.05, 4.69) is 10.7 Å². The summed E-state index contributed by atoms with van der Waals surface area (Å²) in [5.74, 6) is -3.58. The van der Waals surface area contributed by atoms with Crippen LogP contribution in [0.1, 0.15) is 23.5 Å². The molecule has 3 amide bonds. The highest BCUT2D eigenvalue weighted by atomic mass is 35.5. The Kier molecular flexibility index (Phi) is 8.43. The van der Waals surface area contributed by atoms with Gasteiger partial charge < -0.3 is 10.1 Å². The second kappa shape index (κ2) is 11.9. The maximum atomic E-state index is 13.3. The molecule has 1 aliphatic rings. The third-order valence-corrected chi connectivity index (χ3v) is 6.52. The summed E-state index contributed by atoms with van der Waals surface area (Å²) in [4.78, 5) is 50.5. The highest BCUT2D eigenvalue weighted by Crippen LogP contribution is 2.27. The van der Waals surface area contributed by atoms with Crippen LogP contribution >= 0.6 is 23.2 Å². The molecule has 0 aliphatic carbocycles. The van der Waals surface area contributed by atoms with Crippen LogP contribution < -0.4 is 10.7 Å². The summed E-state index contributed by atoms with van der Waals surface area (Å²) < 4.78 is 5.10. The van der Waals surface area contributed by atoms with Crippen LogP contribution in [0, 0.1) is 5.92 Å². The molecule has 1 aliphatic heterocycles. The first-order chi connectivity index (χ1) is 17.8. The first-order valence-corrected chi connectivity index (χ1v) is 12.2. The predicted molar refractivity (Wildman–Crippen MR) is 139 cm³/mol. The zero-order valence-electron chi connectivity index (χ0n) is 19.5. The van der Waals surface area contributed by atoms with Crippen molar-refractivity contribution < 1.29 is 23.9 Å². The van der Waals surface area contributed by atoms with E-state index < -0.39 is 42.1 Å². The van der Waals surface area contributed by atoms with Gasteiger partial charge in [0, 0.05) is 12.1 Å². The Morgan fingerprint density at radius 1 is 0.919 bits per heavy atom. The maximum Gasteiger partial charge on any atom is 0.311 e. The van der Waals surface area contributed by atoms with Crippen molar-refractivity contribution in [3.8, 4) is 0 Å². The molecule has 1 fully saturated rings. The molecule has 0 saturated carbocycles. The van der Waals surface area contributed by atoms with Crippen LogP contribution in [0.25, 0.3) is 0 Å². The highest BCUT2D eigenvalue weighted by Gasteiger charge is 2.37. The number of halogens is 2. The second-order valence-electron chi connectivity index (χ2n) is 8.42. The van der Waals surface area contributed by atoms with Crippen molar-refractivity contribution in [2.45, 2.75) is 12.3 Å². The molecule has 0 aromatic heterocycles. The van der Waals surface area contributed by atoms with E-state index in [1.165, 1.54) is 12.1 Å². The number of nitrogens with zero attached hydrogens (tertiary/aromatic N) is 1. The number of carbonyl (C=O) groups excluding carboxylic acids is 4. The molecule has 0 bridgehead atoms. The summed E-state index contributed by atoms with van der Waals surface area (Å²) in [6.45, 7) is -0.603. The van der Waals surface area contributed by atoms with Gasteiger partial charge in [0.15, 0.2) is 6.61 Å². The molecule has 1 atom stereocenters. The summed E-state index contributed by atoms with van der Waals surface area (Å²) in [6, 6.07) is 23.0. The van der Waals surface area contributed by atoms with Gasteiger partial charge in [-0.3, -0.25) is 29.6 Å². The molecule has 3 aromatic carbocycles. The van der Waals surface area contributed by atoms with E-state index in [1.54, 1.807) is 6.07 Å². The Hall–Kier alpha value is -3.88. The lowest BCUT2D eigenvalue weighted by Crippen LogP contribution is -2.45. The highest BCUT2D eigenvalue weighted by molar-refractivity contribution is 6.42. The number of rotatable bonds is 8. The van der Waals surface area contributed by atoms with Gasteiger partial charge in [-0.15, -0.1) is 0 Å². The topological polar surface area (TPSA) is 105 Å². The minimum Gasteiger partial charge on any atom is -0.455 e. The molecule has 1 saturated heterocycles. The third-order valence-electron chi connectivity index (χ3n) is 5.78. The van der Waals surface area contributed by atoms with Crippen LogP contribution in [0.4, 0.5) is 5.69 Å². The number of anilines is 1. The molecule has 10 heteroatoms. The average molecular weight is 540 g/mol. The fourth-order valence-corrected chi connectivity index (χ4v) is 4.28. The van der Waals surface area contributed by atoms with E-state index in [4.69, 9.17) is 27.9 Å². The Morgan fingerprint density at radius 3 is 2.14 bits per heavy atom. The van der Waals surface area contributed by atoms with Gasteiger partial charge in [-0.1, -0.05) is 83.9 Å². The average Bonchev–Trinajstić information content (AvgIpc) is 3.26. The maximum absolute atomic E-state index is 13.3. The largest absolute Gasteiger partial charge is 0.455 e. The van der Waals surface area contributed by atoms with E-state index in [-0.39, 0.29) is 18.0 Å². The quantitative estimate of drug-likeness (QED) is 0.417.